The number of aliphatic carboxylic acids is 1. The van der Waals surface area contributed by atoms with Gasteiger partial charge in [-0.15, -0.1) is 0 Å². The number of aryl methyl sites for hydroxylation is 2. The van der Waals surface area contributed by atoms with Crippen molar-refractivity contribution in [3.8, 4) is 0 Å². The molecule has 1 unspecified atom stereocenters. The second-order valence-electron chi connectivity index (χ2n) is 7.26. The minimum absolute atomic E-state index is 0.0484. The van der Waals surface area contributed by atoms with Gasteiger partial charge in [0.2, 0.25) is 5.91 Å². The molecule has 0 saturated heterocycles. The standard InChI is InChI=1S/C22H21N3O4/c1-12-7-16-18(25-29-20(16)8-13(12)2)10-21(26)24-19(22(27)28)9-14-11-23-17-6-4-3-5-15(14)17/h3-8,11,19,23H,9-10H2,1-2H3,(H,24,26)(H,27,28). The van der Waals surface area contributed by atoms with Crippen molar-refractivity contribution in [1.82, 2.24) is 15.5 Å². The first-order valence-electron chi connectivity index (χ1n) is 9.35. The summed E-state index contributed by atoms with van der Waals surface area (Å²) >= 11 is 0. The number of carbonyl (C=O) groups is 2. The summed E-state index contributed by atoms with van der Waals surface area (Å²) in [5, 5.41) is 17.9. The van der Waals surface area contributed by atoms with E-state index in [1.807, 2.05) is 50.2 Å². The molecule has 0 aliphatic rings. The number of aromatic nitrogens is 2. The predicted molar refractivity (Wildman–Crippen MR) is 109 cm³/mol. The molecule has 4 rings (SSSR count). The van der Waals surface area contributed by atoms with E-state index in [9.17, 15) is 14.7 Å². The van der Waals surface area contributed by atoms with E-state index >= 15 is 0 Å². The van der Waals surface area contributed by atoms with Gasteiger partial charge in [-0.25, -0.2) is 4.79 Å². The minimum Gasteiger partial charge on any atom is -0.480 e. The van der Waals surface area contributed by atoms with E-state index < -0.39 is 17.9 Å². The second kappa shape index (κ2) is 7.43. The van der Waals surface area contributed by atoms with Crippen LogP contribution in [0.25, 0.3) is 21.9 Å². The summed E-state index contributed by atoms with van der Waals surface area (Å²) in [5.74, 6) is -1.49. The number of carboxylic acid groups (broad SMARTS) is 1. The zero-order valence-electron chi connectivity index (χ0n) is 16.2. The van der Waals surface area contributed by atoms with Crippen LogP contribution in [0.1, 0.15) is 22.4 Å². The number of para-hydroxylation sites is 1. The number of carbonyl (C=O) groups excluding carboxylic acids is 1. The van der Waals surface area contributed by atoms with Gasteiger partial charge in [-0.1, -0.05) is 23.4 Å². The highest BCUT2D eigenvalue weighted by Gasteiger charge is 2.23. The molecular formula is C22H21N3O4. The van der Waals surface area contributed by atoms with Gasteiger partial charge in [0.25, 0.3) is 0 Å². The van der Waals surface area contributed by atoms with Crippen molar-refractivity contribution >= 4 is 33.7 Å². The van der Waals surface area contributed by atoms with Gasteiger partial charge in [-0.3, -0.25) is 4.79 Å². The van der Waals surface area contributed by atoms with E-state index in [-0.39, 0.29) is 12.8 Å². The van der Waals surface area contributed by atoms with Crippen molar-refractivity contribution in [3.05, 3.63) is 65.0 Å². The molecule has 0 aliphatic carbocycles. The number of rotatable bonds is 6. The number of nitrogens with one attached hydrogen (secondary N) is 2. The molecule has 0 bridgehead atoms. The summed E-state index contributed by atoms with van der Waals surface area (Å²) in [7, 11) is 0. The lowest BCUT2D eigenvalue weighted by Gasteiger charge is -2.14. The Bertz CT molecular complexity index is 1220. The van der Waals surface area contributed by atoms with Crippen molar-refractivity contribution in [3.63, 3.8) is 0 Å². The number of carboxylic acids is 1. The molecule has 0 aliphatic heterocycles. The van der Waals surface area contributed by atoms with Gasteiger partial charge in [-0.05, 0) is 48.7 Å². The lowest BCUT2D eigenvalue weighted by Crippen LogP contribution is -2.43. The third kappa shape index (κ3) is 3.71. The fraction of sp³-hybridized carbons (Fsp3) is 0.227. The van der Waals surface area contributed by atoms with Gasteiger partial charge in [0.05, 0.1) is 6.42 Å². The number of aromatic amines is 1. The first-order valence-corrected chi connectivity index (χ1v) is 9.35. The van der Waals surface area contributed by atoms with Crippen LogP contribution >= 0.6 is 0 Å². The lowest BCUT2D eigenvalue weighted by atomic mass is 10.0. The molecule has 4 aromatic rings. The van der Waals surface area contributed by atoms with Crippen LogP contribution in [0, 0.1) is 13.8 Å². The fourth-order valence-corrected chi connectivity index (χ4v) is 3.49. The molecule has 148 valence electrons. The number of fused-ring (bicyclic) bond motifs is 2. The Morgan fingerprint density at radius 3 is 2.72 bits per heavy atom. The second-order valence-corrected chi connectivity index (χ2v) is 7.26. The number of nitrogens with zero attached hydrogens (tertiary/aromatic N) is 1. The summed E-state index contributed by atoms with van der Waals surface area (Å²) in [6.07, 6.45) is 1.92. The highest BCUT2D eigenvalue weighted by atomic mass is 16.5. The van der Waals surface area contributed by atoms with Crippen molar-refractivity contribution in [2.24, 2.45) is 0 Å². The van der Waals surface area contributed by atoms with E-state index in [0.717, 1.165) is 33.0 Å². The maximum absolute atomic E-state index is 12.5. The predicted octanol–water partition coefficient (Wildman–Crippen LogP) is 3.28. The Morgan fingerprint density at radius 1 is 1.17 bits per heavy atom. The Labute approximate surface area is 166 Å². The first-order chi connectivity index (χ1) is 13.9. The minimum atomic E-state index is -1.08. The van der Waals surface area contributed by atoms with Crippen LogP contribution in [0.2, 0.25) is 0 Å². The molecule has 0 spiro atoms. The largest absolute Gasteiger partial charge is 0.480 e. The molecule has 2 heterocycles. The summed E-state index contributed by atoms with van der Waals surface area (Å²) in [4.78, 5) is 27.4. The summed E-state index contributed by atoms with van der Waals surface area (Å²) < 4.78 is 5.32. The average Bonchev–Trinajstić information content (AvgIpc) is 3.26. The number of hydrogen-bond donors (Lipinski definition) is 3. The van der Waals surface area contributed by atoms with Crippen molar-refractivity contribution in [1.29, 1.82) is 0 Å². The molecule has 0 radical (unpaired) electrons. The maximum atomic E-state index is 12.5. The van der Waals surface area contributed by atoms with Crippen LogP contribution in [0.3, 0.4) is 0 Å². The van der Waals surface area contributed by atoms with Crippen LogP contribution < -0.4 is 5.32 Å². The lowest BCUT2D eigenvalue weighted by molar-refractivity contribution is -0.141. The summed E-state index contributed by atoms with van der Waals surface area (Å²) in [5.41, 5.74) is 5.03. The van der Waals surface area contributed by atoms with E-state index in [1.54, 1.807) is 6.20 Å². The van der Waals surface area contributed by atoms with Crippen molar-refractivity contribution < 1.29 is 19.2 Å². The molecule has 7 nitrogen and oxygen atoms in total. The molecule has 1 atom stereocenters. The average molecular weight is 391 g/mol. The highest BCUT2D eigenvalue weighted by molar-refractivity contribution is 5.90. The fourth-order valence-electron chi connectivity index (χ4n) is 3.49. The summed E-state index contributed by atoms with van der Waals surface area (Å²) in [6, 6.07) is 10.4. The number of benzene rings is 2. The van der Waals surface area contributed by atoms with E-state index in [1.165, 1.54) is 0 Å². The smallest absolute Gasteiger partial charge is 0.326 e. The van der Waals surface area contributed by atoms with E-state index in [0.29, 0.717) is 11.3 Å². The van der Waals surface area contributed by atoms with Crippen molar-refractivity contribution in [2.75, 3.05) is 0 Å². The van der Waals surface area contributed by atoms with Crippen LogP contribution in [0.4, 0.5) is 0 Å². The number of H-pyrrole nitrogens is 1. The molecule has 2 aromatic carbocycles. The van der Waals surface area contributed by atoms with Crippen molar-refractivity contribution in [2.45, 2.75) is 32.7 Å². The normalized spacial score (nSPS) is 12.3. The zero-order chi connectivity index (χ0) is 20.5. The zero-order valence-corrected chi connectivity index (χ0v) is 16.2. The van der Waals surface area contributed by atoms with Crippen LogP contribution in [-0.4, -0.2) is 33.2 Å². The van der Waals surface area contributed by atoms with Gasteiger partial charge in [0, 0.05) is 28.9 Å². The highest BCUT2D eigenvalue weighted by Crippen LogP contribution is 2.23. The van der Waals surface area contributed by atoms with Gasteiger partial charge in [0.1, 0.15) is 11.7 Å². The van der Waals surface area contributed by atoms with E-state index in [2.05, 4.69) is 15.5 Å². The third-order valence-corrected chi connectivity index (χ3v) is 5.22. The summed E-state index contributed by atoms with van der Waals surface area (Å²) in [6.45, 7) is 3.96. The first kappa shape index (κ1) is 18.7. The molecule has 1 amide bonds. The molecule has 3 N–H and O–H groups in total. The molecular weight excluding hydrogens is 370 g/mol. The van der Waals surface area contributed by atoms with Crippen LogP contribution in [0.5, 0.6) is 0 Å². The van der Waals surface area contributed by atoms with E-state index in [4.69, 9.17) is 4.52 Å². The Kier molecular flexibility index (Phi) is 4.80. The maximum Gasteiger partial charge on any atom is 0.326 e. The SMILES string of the molecule is Cc1cc2onc(CC(=O)NC(Cc3c[nH]c4ccccc34)C(=O)O)c2cc1C. The van der Waals surface area contributed by atoms with Gasteiger partial charge in [0.15, 0.2) is 5.58 Å². The van der Waals surface area contributed by atoms with Gasteiger partial charge < -0.3 is 19.9 Å². The Hall–Kier alpha value is -3.61. The monoisotopic (exact) mass is 391 g/mol. The number of hydrogen-bond acceptors (Lipinski definition) is 4. The number of amides is 1. The molecule has 29 heavy (non-hydrogen) atoms. The molecule has 0 saturated carbocycles. The topological polar surface area (TPSA) is 108 Å². The van der Waals surface area contributed by atoms with Gasteiger partial charge in [-0.2, -0.15) is 0 Å². The Balaban J connectivity index is 1.51. The quantitative estimate of drug-likeness (QED) is 0.467. The van der Waals surface area contributed by atoms with Crippen LogP contribution in [0.15, 0.2) is 47.1 Å². The molecule has 7 heteroatoms. The Morgan fingerprint density at radius 2 is 1.93 bits per heavy atom. The molecule has 2 aromatic heterocycles. The van der Waals surface area contributed by atoms with Gasteiger partial charge >= 0.3 is 5.97 Å². The third-order valence-electron chi connectivity index (χ3n) is 5.22. The molecule has 0 fully saturated rings. The van der Waals surface area contributed by atoms with Crippen LogP contribution in [-0.2, 0) is 22.4 Å².